The van der Waals surface area contributed by atoms with Crippen LogP contribution in [0.25, 0.3) is 11.2 Å². The lowest BCUT2D eigenvalue weighted by atomic mass is 10.2. The van der Waals surface area contributed by atoms with Gasteiger partial charge in [-0.15, -0.1) is 0 Å². The average molecular weight is 287 g/mol. The molecule has 2 aromatic heterocycles. The van der Waals surface area contributed by atoms with E-state index in [0.717, 1.165) is 0 Å². The number of aromatic nitrogens is 4. The van der Waals surface area contributed by atoms with Crippen molar-refractivity contribution in [3.63, 3.8) is 0 Å². The molecule has 1 saturated heterocycles. The highest BCUT2D eigenvalue weighted by Gasteiger charge is 2.34. The quantitative estimate of drug-likeness (QED) is 0.808. The van der Waals surface area contributed by atoms with Gasteiger partial charge in [-0.2, -0.15) is 4.39 Å². The van der Waals surface area contributed by atoms with E-state index in [-0.39, 0.29) is 28.9 Å². The van der Waals surface area contributed by atoms with Gasteiger partial charge in [0.15, 0.2) is 23.2 Å². The Labute approximate surface area is 110 Å². The molecule has 1 fully saturated rings. The Kier molecular flexibility index (Phi) is 2.76. The highest BCUT2D eigenvalue weighted by Crippen LogP contribution is 2.35. The van der Waals surface area contributed by atoms with Crippen molar-refractivity contribution in [3.8, 4) is 0 Å². The summed E-state index contributed by atoms with van der Waals surface area (Å²) in [5.41, 5.74) is 0.0446. The third-order valence-electron chi connectivity index (χ3n) is 2.85. The lowest BCUT2D eigenvalue weighted by molar-refractivity contribution is 0.0967. The molecule has 0 aromatic carbocycles. The summed E-state index contributed by atoms with van der Waals surface area (Å²) in [6.45, 7) is 0. The average Bonchev–Trinajstić information content (AvgIpc) is 2.93. The first kappa shape index (κ1) is 12.1. The molecule has 19 heavy (non-hydrogen) atoms. The Bertz CT molecular complexity index is 721. The van der Waals surface area contributed by atoms with Gasteiger partial charge in [-0.05, 0) is 11.6 Å². The largest absolute Gasteiger partial charge is 0.467 e. The van der Waals surface area contributed by atoms with Crippen molar-refractivity contribution in [2.24, 2.45) is 0 Å². The minimum atomic E-state index is -1.14. The predicted molar refractivity (Wildman–Crippen MR) is 62.9 cm³/mol. The molecule has 0 spiro atoms. The van der Waals surface area contributed by atoms with Crippen molar-refractivity contribution in [3.05, 3.63) is 34.1 Å². The Morgan fingerprint density at radius 2 is 2.42 bits per heavy atom. The van der Waals surface area contributed by atoms with E-state index in [9.17, 15) is 14.3 Å². The van der Waals surface area contributed by atoms with Crippen LogP contribution >= 0.6 is 11.6 Å². The van der Waals surface area contributed by atoms with Gasteiger partial charge in [0.25, 0.3) is 5.56 Å². The maximum absolute atomic E-state index is 12.9. The fourth-order valence-corrected chi connectivity index (χ4v) is 2.16. The lowest BCUT2D eigenvalue weighted by Crippen LogP contribution is -2.10. The third-order valence-corrected chi connectivity index (χ3v) is 3.04. The summed E-state index contributed by atoms with van der Waals surface area (Å²) in [7, 11) is 0. The summed E-state index contributed by atoms with van der Waals surface area (Å²) in [5.74, 6) is -0.321. The van der Waals surface area contributed by atoms with Gasteiger partial charge in [0.05, 0.1) is 6.33 Å². The summed E-state index contributed by atoms with van der Waals surface area (Å²) < 4.78 is 19.6. The second-order valence-corrected chi connectivity index (χ2v) is 4.34. The van der Waals surface area contributed by atoms with Crippen LogP contribution in [0.15, 0.2) is 28.5 Å². The molecule has 0 aliphatic carbocycles. The van der Waals surface area contributed by atoms with Gasteiger partial charge in [0, 0.05) is 6.42 Å². The van der Waals surface area contributed by atoms with Crippen molar-refractivity contribution in [1.29, 1.82) is 0 Å². The van der Waals surface area contributed by atoms with E-state index >= 15 is 0 Å². The fraction of sp³-hybridized carbons (Fsp3) is 0.300. The second-order valence-electron chi connectivity index (χ2n) is 4.00. The van der Waals surface area contributed by atoms with Gasteiger partial charge in [0.1, 0.15) is 12.4 Å². The number of hydrogen-bond donors (Lipinski definition) is 2. The number of aliphatic hydroxyl groups excluding tert-OH is 1. The van der Waals surface area contributed by atoms with Crippen molar-refractivity contribution in [2.45, 2.75) is 18.8 Å². The summed E-state index contributed by atoms with van der Waals surface area (Å²) in [6, 6.07) is 0. The van der Waals surface area contributed by atoms with E-state index in [2.05, 4.69) is 15.0 Å². The first-order valence-corrected chi connectivity index (χ1v) is 5.76. The van der Waals surface area contributed by atoms with E-state index < -0.39 is 17.6 Å². The highest BCUT2D eigenvalue weighted by molar-refractivity contribution is 6.28. The molecule has 0 radical (unpaired) electrons. The number of nitrogens with one attached hydrogen (secondary N) is 1. The molecule has 2 atom stereocenters. The number of hydrogen-bond acceptors (Lipinski definition) is 5. The number of ether oxygens (including phenoxy) is 1. The van der Waals surface area contributed by atoms with Gasteiger partial charge in [-0.3, -0.25) is 9.36 Å². The molecule has 0 saturated carbocycles. The molecule has 2 aromatic rings. The summed E-state index contributed by atoms with van der Waals surface area (Å²) in [6.07, 6.45) is 0.817. The Hall–Kier alpha value is -1.93. The van der Waals surface area contributed by atoms with Gasteiger partial charge in [0.2, 0.25) is 5.29 Å². The molecule has 0 bridgehead atoms. The zero-order valence-electron chi connectivity index (χ0n) is 9.38. The number of rotatable bonds is 1. The number of aliphatic hydroxyl groups is 1. The lowest BCUT2D eigenvalue weighted by Gasteiger charge is -2.11. The predicted octanol–water partition coefficient (Wildman–Crippen LogP) is 0.777. The molecule has 3 rings (SSSR count). The van der Waals surface area contributed by atoms with E-state index in [1.807, 2.05) is 0 Å². The normalized spacial score (nSPS) is 25.6. The molecule has 100 valence electrons. The van der Waals surface area contributed by atoms with E-state index in [4.69, 9.17) is 16.3 Å². The molecular weight excluding hydrogens is 279 g/mol. The number of fused-ring (bicyclic) bond motifs is 1. The zero-order valence-corrected chi connectivity index (χ0v) is 10.1. The van der Waals surface area contributed by atoms with Gasteiger partial charge in [-0.25, -0.2) is 9.97 Å². The van der Waals surface area contributed by atoms with Crippen LogP contribution in [-0.4, -0.2) is 30.7 Å². The highest BCUT2D eigenvalue weighted by atomic mass is 35.5. The zero-order chi connectivity index (χ0) is 13.6. The van der Waals surface area contributed by atoms with Crippen LogP contribution in [0.1, 0.15) is 12.6 Å². The third kappa shape index (κ3) is 1.89. The van der Waals surface area contributed by atoms with E-state index in [0.29, 0.717) is 0 Å². The summed E-state index contributed by atoms with van der Waals surface area (Å²) in [4.78, 5) is 21.8. The van der Waals surface area contributed by atoms with Crippen LogP contribution in [0.5, 0.6) is 0 Å². The number of H-pyrrole nitrogens is 1. The molecule has 1 aliphatic heterocycles. The fourth-order valence-electron chi connectivity index (χ4n) is 1.99. The molecule has 3 heterocycles. The minimum absolute atomic E-state index is 0.0927. The van der Waals surface area contributed by atoms with Crippen LogP contribution in [-0.2, 0) is 4.74 Å². The number of nitrogens with zero attached hydrogens (tertiary/aromatic N) is 3. The van der Waals surface area contributed by atoms with E-state index in [1.54, 1.807) is 0 Å². The second kappa shape index (κ2) is 4.32. The van der Waals surface area contributed by atoms with Crippen LogP contribution in [0.2, 0.25) is 0 Å². The van der Waals surface area contributed by atoms with Crippen molar-refractivity contribution in [2.75, 3.05) is 0 Å². The van der Waals surface area contributed by atoms with Crippen LogP contribution in [0.4, 0.5) is 4.39 Å². The Balaban J connectivity index is 2.06. The molecule has 1 aliphatic rings. The number of halogens is 2. The summed E-state index contributed by atoms with van der Waals surface area (Å²) in [5, 5.41) is 8.53. The molecule has 0 unspecified atom stereocenters. The molecule has 9 heteroatoms. The maximum Gasteiger partial charge on any atom is 0.278 e. The smallest absolute Gasteiger partial charge is 0.278 e. The SMILES string of the molecule is O=c1[nH]cnc2c1ncn2[C@H]1C[C@H](O)C(=C(F)Cl)O1. The van der Waals surface area contributed by atoms with E-state index in [1.165, 1.54) is 17.2 Å². The van der Waals surface area contributed by atoms with Crippen molar-refractivity contribution in [1.82, 2.24) is 19.5 Å². The molecule has 0 amide bonds. The van der Waals surface area contributed by atoms with Crippen LogP contribution in [0.3, 0.4) is 0 Å². The van der Waals surface area contributed by atoms with Crippen molar-refractivity contribution >= 4 is 22.8 Å². The summed E-state index contributed by atoms with van der Waals surface area (Å²) >= 11 is 5.18. The van der Waals surface area contributed by atoms with Gasteiger partial charge >= 0.3 is 0 Å². The first-order chi connectivity index (χ1) is 9.08. The maximum atomic E-state index is 12.9. The van der Waals surface area contributed by atoms with Gasteiger partial charge in [-0.1, -0.05) is 0 Å². The monoisotopic (exact) mass is 286 g/mol. The van der Waals surface area contributed by atoms with Crippen LogP contribution < -0.4 is 5.56 Å². The standard InChI is InChI=1S/C10H8ClFN4O3/c11-8(12)7-4(17)1-5(19-7)16-3-15-6-9(16)13-2-14-10(6)18/h2-5,17H,1H2,(H,13,14,18)/t4-,5+/m0/s1. The Morgan fingerprint density at radius 3 is 3.11 bits per heavy atom. The first-order valence-electron chi connectivity index (χ1n) is 5.38. The molecular formula is C10H8ClFN4O3. The van der Waals surface area contributed by atoms with Gasteiger partial charge < -0.3 is 14.8 Å². The number of imidazole rings is 1. The van der Waals surface area contributed by atoms with Crippen molar-refractivity contribution < 1.29 is 14.2 Å². The van der Waals surface area contributed by atoms with Crippen LogP contribution in [0, 0.1) is 0 Å². The number of aromatic amines is 1. The molecule has 7 nitrogen and oxygen atoms in total. The minimum Gasteiger partial charge on any atom is -0.467 e. The molecule has 2 N–H and O–H groups in total. The Morgan fingerprint density at radius 1 is 1.63 bits per heavy atom. The topological polar surface area (TPSA) is 93.0 Å².